The summed E-state index contributed by atoms with van der Waals surface area (Å²) in [5, 5.41) is 0. The fourth-order valence-electron chi connectivity index (χ4n) is 2.86. The molecule has 0 bridgehead atoms. The molecule has 0 aromatic heterocycles. The molecule has 0 spiro atoms. The van der Waals surface area contributed by atoms with Crippen molar-refractivity contribution in [3.8, 4) is 0 Å². The van der Waals surface area contributed by atoms with E-state index in [0.717, 1.165) is 19.4 Å². The molecule has 0 aromatic rings. The van der Waals surface area contributed by atoms with Crippen molar-refractivity contribution in [1.29, 1.82) is 0 Å². The normalized spacial score (nSPS) is 18.6. The molecule has 106 valence electrons. The molecule has 2 N–H and O–H groups in total. The SMILES string of the molecule is CCN(CC(=O)N(C)C(C)C)C1(CN)CCCC1. The minimum Gasteiger partial charge on any atom is -0.342 e. The Morgan fingerprint density at radius 1 is 1.33 bits per heavy atom. The molecular formula is C14H29N3O. The van der Waals surface area contributed by atoms with Crippen molar-refractivity contribution in [2.45, 2.75) is 58.0 Å². The van der Waals surface area contributed by atoms with Crippen molar-refractivity contribution >= 4 is 5.91 Å². The third-order valence-electron chi connectivity index (χ3n) is 4.46. The third kappa shape index (κ3) is 3.23. The fourth-order valence-corrected chi connectivity index (χ4v) is 2.86. The molecule has 1 aliphatic carbocycles. The lowest BCUT2D eigenvalue weighted by molar-refractivity contribution is -0.134. The Kier molecular flexibility index (Phi) is 5.60. The first-order valence-corrected chi connectivity index (χ1v) is 7.17. The Bertz CT molecular complexity index is 272. The third-order valence-corrected chi connectivity index (χ3v) is 4.46. The summed E-state index contributed by atoms with van der Waals surface area (Å²) >= 11 is 0. The maximum atomic E-state index is 12.2. The minimum atomic E-state index is 0.0717. The van der Waals surface area contributed by atoms with Gasteiger partial charge in [0, 0.05) is 25.2 Å². The summed E-state index contributed by atoms with van der Waals surface area (Å²) in [6.45, 7) is 8.28. The highest BCUT2D eigenvalue weighted by molar-refractivity contribution is 5.78. The van der Waals surface area contributed by atoms with Gasteiger partial charge in [-0.25, -0.2) is 0 Å². The van der Waals surface area contributed by atoms with Crippen LogP contribution in [0, 0.1) is 0 Å². The molecule has 1 aliphatic rings. The van der Waals surface area contributed by atoms with E-state index in [1.807, 2.05) is 25.8 Å². The van der Waals surface area contributed by atoms with Gasteiger partial charge in [0.25, 0.3) is 0 Å². The first kappa shape index (κ1) is 15.4. The van der Waals surface area contributed by atoms with Crippen LogP contribution in [-0.4, -0.2) is 54.0 Å². The zero-order chi connectivity index (χ0) is 13.8. The van der Waals surface area contributed by atoms with E-state index in [4.69, 9.17) is 5.73 Å². The zero-order valence-corrected chi connectivity index (χ0v) is 12.4. The van der Waals surface area contributed by atoms with Crippen LogP contribution in [0.1, 0.15) is 46.5 Å². The fraction of sp³-hybridized carbons (Fsp3) is 0.929. The first-order chi connectivity index (χ1) is 8.46. The van der Waals surface area contributed by atoms with Crippen LogP contribution in [0.2, 0.25) is 0 Å². The second-order valence-corrected chi connectivity index (χ2v) is 5.75. The summed E-state index contributed by atoms with van der Waals surface area (Å²) in [6.07, 6.45) is 4.75. The van der Waals surface area contributed by atoms with Gasteiger partial charge >= 0.3 is 0 Å². The van der Waals surface area contributed by atoms with E-state index in [0.29, 0.717) is 13.1 Å². The first-order valence-electron chi connectivity index (χ1n) is 7.17. The van der Waals surface area contributed by atoms with Crippen molar-refractivity contribution < 1.29 is 4.79 Å². The Labute approximate surface area is 111 Å². The van der Waals surface area contributed by atoms with Crippen LogP contribution in [-0.2, 0) is 4.79 Å². The van der Waals surface area contributed by atoms with E-state index < -0.39 is 0 Å². The lowest BCUT2D eigenvalue weighted by Gasteiger charge is -2.40. The average molecular weight is 255 g/mol. The van der Waals surface area contributed by atoms with E-state index in [1.54, 1.807) is 0 Å². The lowest BCUT2D eigenvalue weighted by Crippen LogP contribution is -2.55. The second-order valence-electron chi connectivity index (χ2n) is 5.75. The molecule has 1 amide bonds. The van der Waals surface area contributed by atoms with Gasteiger partial charge in [-0.2, -0.15) is 0 Å². The Balaban J connectivity index is 2.69. The van der Waals surface area contributed by atoms with Gasteiger partial charge in [0.2, 0.25) is 5.91 Å². The highest BCUT2D eigenvalue weighted by atomic mass is 16.2. The monoisotopic (exact) mass is 255 g/mol. The van der Waals surface area contributed by atoms with Crippen molar-refractivity contribution in [1.82, 2.24) is 9.80 Å². The minimum absolute atomic E-state index is 0.0717. The number of nitrogens with zero attached hydrogens (tertiary/aromatic N) is 2. The molecule has 1 saturated carbocycles. The Morgan fingerprint density at radius 3 is 2.28 bits per heavy atom. The summed E-state index contributed by atoms with van der Waals surface area (Å²) in [6, 6.07) is 0.258. The second kappa shape index (κ2) is 6.53. The molecule has 0 saturated heterocycles. The van der Waals surface area contributed by atoms with Crippen molar-refractivity contribution in [3.05, 3.63) is 0 Å². The van der Waals surface area contributed by atoms with Gasteiger partial charge in [0.1, 0.15) is 0 Å². The van der Waals surface area contributed by atoms with Crippen LogP contribution in [0.4, 0.5) is 0 Å². The van der Waals surface area contributed by atoms with E-state index in [-0.39, 0.29) is 17.5 Å². The number of amides is 1. The number of carbonyl (C=O) groups is 1. The predicted molar refractivity (Wildman–Crippen MR) is 75.4 cm³/mol. The van der Waals surface area contributed by atoms with Crippen LogP contribution in [0.15, 0.2) is 0 Å². The summed E-state index contributed by atoms with van der Waals surface area (Å²) in [7, 11) is 1.88. The van der Waals surface area contributed by atoms with Crippen molar-refractivity contribution in [2.75, 3.05) is 26.7 Å². The molecule has 0 unspecified atom stereocenters. The summed E-state index contributed by atoms with van der Waals surface area (Å²) in [5.74, 6) is 0.201. The van der Waals surface area contributed by atoms with Gasteiger partial charge < -0.3 is 10.6 Å². The maximum Gasteiger partial charge on any atom is 0.236 e. The van der Waals surface area contributed by atoms with Crippen LogP contribution < -0.4 is 5.73 Å². The number of hydrogen-bond acceptors (Lipinski definition) is 3. The summed E-state index contributed by atoms with van der Waals surface area (Å²) < 4.78 is 0. The molecule has 18 heavy (non-hydrogen) atoms. The highest BCUT2D eigenvalue weighted by Gasteiger charge is 2.38. The van der Waals surface area contributed by atoms with Crippen molar-refractivity contribution in [2.24, 2.45) is 5.73 Å². The molecule has 0 aliphatic heterocycles. The summed E-state index contributed by atoms with van der Waals surface area (Å²) in [5.41, 5.74) is 6.06. The Morgan fingerprint density at radius 2 is 1.89 bits per heavy atom. The van der Waals surface area contributed by atoms with E-state index in [2.05, 4.69) is 11.8 Å². The Hall–Kier alpha value is -0.610. The van der Waals surface area contributed by atoms with Crippen LogP contribution >= 0.6 is 0 Å². The van der Waals surface area contributed by atoms with Gasteiger partial charge in [-0.3, -0.25) is 9.69 Å². The number of likely N-dealkylation sites (N-methyl/N-ethyl adjacent to an activating group) is 2. The van der Waals surface area contributed by atoms with Gasteiger partial charge in [-0.05, 0) is 33.2 Å². The van der Waals surface area contributed by atoms with Gasteiger partial charge in [-0.1, -0.05) is 19.8 Å². The molecule has 1 fully saturated rings. The number of rotatable bonds is 6. The van der Waals surface area contributed by atoms with E-state index in [9.17, 15) is 4.79 Å². The molecule has 0 atom stereocenters. The van der Waals surface area contributed by atoms with Crippen LogP contribution in [0.25, 0.3) is 0 Å². The van der Waals surface area contributed by atoms with Crippen molar-refractivity contribution in [3.63, 3.8) is 0 Å². The predicted octanol–water partition coefficient (Wildman–Crippen LogP) is 1.45. The van der Waals surface area contributed by atoms with E-state index in [1.165, 1.54) is 12.8 Å². The summed E-state index contributed by atoms with van der Waals surface area (Å²) in [4.78, 5) is 16.3. The average Bonchev–Trinajstić information content (AvgIpc) is 2.84. The number of carbonyl (C=O) groups excluding carboxylic acids is 1. The van der Waals surface area contributed by atoms with Gasteiger partial charge in [-0.15, -0.1) is 0 Å². The molecular weight excluding hydrogens is 226 g/mol. The van der Waals surface area contributed by atoms with Gasteiger partial charge in [0.05, 0.1) is 6.54 Å². The molecule has 0 aromatic carbocycles. The molecule has 1 rings (SSSR count). The topological polar surface area (TPSA) is 49.6 Å². The quantitative estimate of drug-likeness (QED) is 0.781. The zero-order valence-electron chi connectivity index (χ0n) is 12.4. The smallest absolute Gasteiger partial charge is 0.236 e. The standard InChI is InChI=1S/C14H29N3O/c1-5-17(10-13(18)16(4)12(2)3)14(11-15)8-6-7-9-14/h12H,5-11,15H2,1-4H3. The molecule has 4 nitrogen and oxygen atoms in total. The number of nitrogens with two attached hydrogens (primary N) is 1. The van der Waals surface area contributed by atoms with E-state index >= 15 is 0 Å². The lowest BCUT2D eigenvalue weighted by atomic mass is 9.95. The molecule has 4 heteroatoms. The highest BCUT2D eigenvalue weighted by Crippen LogP contribution is 2.34. The molecule has 0 radical (unpaired) electrons. The van der Waals surface area contributed by atoms with Gasteiger partial charge in [0.15, 0.2) is 0 Å². The largest absolute Gasteiger partial charge is 0.342 e. The van der Waals surface area contributed by atoms with Crippen LogP contribution in [0.3, 0.4) is 0 Å². The number of hydrogen-bond donors (Lipinski definition) is 1. The van der Waals surface area contributed by atoms with Crippen LogP contribution in [0.5, 0.6) is 0 Å². The molecule has 0 heterocycles. The maximum absolute atomic E-state index is 12.2.